The van der Waals surface area contributed by atoms with Crippen molar-refractivity contribution in [3.63, 3.8) is 0 Å². The maximum absolute atomic E-state index is 13.2. The van der Waals surface area contributed by atoms with Crippen LogP contribution >= 0.6 is 0 Å². The van der Waals surface area contributed by atoms with Gasteiger partial charge >= 0.3 is 0 Å². The zero-order chi connectivity index (χ0) is 18.3. The molecular formula is C21H21N3O2. The summed E-state index contributed by atoms with van der Waals surface area (Å²) in [6, 6.07) is 11.5. The highest BCUT2D eigenvalue weighted by Crippen LogP contribution is 2.36. The molecule has 132 valence electrons. The molecule has 5 nitrogen and oxygen atoms in total. The number of carbonyl (C=O) groups is 1. The summed E-state index contributed by atoms with van der Waals surface area (Å²) < 4.78 is 0. The second-order valence-electron chi connectivity index (χ2n) is 6.93. The van der Waals surface area contributed by atoms with Crippen LogP contribution in [0.5, 0.6) is 0 Å². The van der Waals surface area contributed by atoms with Crippen molar-refractivity contribution in [1.29, 1.82) is 0 Å². The lowest BCUT2D eigenvalue weighted by molar-refractivity contribution is 0.0735. The molecule has 3 aromatic rings. The third-order valence-corrected chi connectivity index (χ3v) is 5.28. The van der Waals surface area contributed by atoms with Gasteiger partial charge in [0.25, 0.3) is 11.5 Å². The molecule has 0 spiro atoms. The molecule has 2 aromatic carbocycles. The number of fused-ring (bicyclic) bond motifs is 1. The Balaban J connectivity index is 1.72. The molecule has 1 aliphatic rings. The van der Waals surface area contributed by atoms with Crippen molar-refractivity contribution >= 4 is 16.8 Å². The standard InChI is InChI=1S/C21H21N3O2/c1-13-5-3-6-14(2)19(13)18-7-4-10-24(18)21(26)15-8-9-16-17(11-15)22-12-23-20(16)25/h3,5-6,8-9,11-12,18H,4,7,10H2,1-2H3,(H,22,23,25). The van der Waals surface area contributed by atoms with Gasteiger partial charge in [-0.2, -0.15) is 0 Å². The van der Waals surface area contributed by atoms with Gasteiger partial charge < -0.3 is 9.88 Å². The molecule has 5 heteroatoms. The average Bonchev–Trinajstić information content (AvgIpc) is 3.10. The molecule has 1 aliphatic heterocycles. The molecule has 1 fully saturated rings. The van der Waals surface area contributed by atoms with Crippen LogP contribution in [0.25, 0.3) is 10.9 Å². The fourth-order valence-corrected chi connectivity index (χ4v) is 4.03. The van der Waals surface area contributed by atoms with E-state index in [-0.39, 0.29) is 17.5 Å². The lowest BCUT2D eigenvalue weighted by Gasteiger charge is -2.28. The number of hydrogen-bond donors (Lipinski definition) is 1. The van der Waals surface area contributed by atoms with E-state index in [0.717, 1.165) is 19.4 Å². The van der Waals surface area contributed by atoms with Crippen LogP contribution < -0.4 is 5.56 Å². The van der Waals surface area contributed by atoms with Gasteiger partial charge in [-0.3, -0.25) is 9.59 Å². The van der Waals surface area contributed by atoms with Crippen LogP contribution in [0.3, 0.4) is 0 Å². The Kier molecular flexibility index (Phi) is 4.07. The number of benzene rings is 2. The molecule has 4 rings (SSSR count). The number of nitrogens with one attached hydrogen (secondary N) is 1. The van der Waals surface area contributed by atoms with Crippen LogP contribution in [0.2, 0.25) is 0 Å². The Labute approximate surface area is 151 Å². The highest BCUT2D eigenvalue weighted by Gasteiger charge is 2.32. The Morgan fingerprint density at radius 3 is 2.73 bits per heavy atom. The van der Waals surface area contributed by atoms with Crippen LogP contribution in [0.4, 0.5) is 0 Å². The minimum atomic E-state index is -0.191. The Morgan fingerprint density at radius 1 is 1.19 bits per heavy atom. The second kappa shape index (κ2) is 6.41. The summed E-state index contributed by atoms with van der Waals surface area (Å²) in [5.41, 5.74) is 4.64. The van der Waals surface area contributed by atoms with Gasteiger partial charge in [-0.1, -0.05) is 18.2 Å². The molecule has 1 saturated heterocycles. The number of aryl methyl sites for hydroxylation is 2. The average molecular weight is 347 g/mol. The van der Waals surface area contributed by atoms with E-state index in [9.17, 15) is 9.59 Å². The number of aromatic amines is 1. The van der Waals surface area contributed by atoms with Crippen molar-refractivity contribution in [2.45, 2.75) is 32.7 Å². The number of aromatic nitrogens is 2. The van der Waals surface area contributed by atoms with Gasteiger partial charge in [-0.05, 0) is 61.6 Å². The fraction of sp³-hybridized carbons (Fsp3) is 0.286. The molecule has 2 heterocycles. The molecule has 1 N–H and O–H groups in total. The molecule has 0 saturated carbocycles. The van der Waals surface area contributed by atoms with Gasteiger partial charge in [0.1, 0.15) is 0 Å². The monoisotopic (exact) mass is 347 g/mol. The summed E-state index contributed by atoms with van der Waals surface area (Å²) in [5.74, 6) is -0.000801. The van der Waals surface area contributed by atoms with E-state index in [4.69, 9.17) is 0 Å². The van der Waals surface area contributed by atoms with Gasteiger partial charge in [0.2, 0.25) is 0 Å². The van der Waals surface area contributed by atoms with Gasteiger partial charge in [-0.15, -0.1) is 0 Å². The van der Waals surface area contributed by atoms with Crippen LogP contribution in [0.1, 0.15) is 45.9 Å². The molecule has 1 atom stereocenters. The predicted molar refractivity (Wildman–Crippen MR) is 101 cm³/mol. The smallest absolute Gasteiger partial charge is 0.258 e. The summed E-state index contributed by atoms with van der Waals surface area (Å²) in [6.45, 7) is 4.96. The molecule has 0 aliphatic carbocycles. The first-order chi connectivity index (χ1) is 12.6. The molecule has 0 radical (unpaired) electrons. The van der Waals surface area contributed by atoms with Crippen molar-refractivity contribution < 1.29 is 4.79 Å². The number of nitrogens with zero attached hydrogens (tertiary/aromatic N) is 2. The number of hydrogen-bond acceptors (Lipinski definition) is 3. The van der Waals surface area contributed by atoms with Gasteiger partial charge in [0.15, 0.2) is 0 Å². The topological polar surface area (TPSA) is 66.1 Å². The molecule has 1 aromatic heterocycles. The third-order valence-electron chi connectivity index (χ3n) is 5.28. The first-order valence-corrected chi connectivity index (χ1v) is 8.91. The molecule has 0 bridgehead atoms. The van der Waals surface area contributed by atoms with Crippen molar-refractivity contribution in [2.24, 2.45) is 0 Å². The van der Waals surface area contributed by atoms with Gasteiger partial charge in [-0.25, -0.2) is 4.98 Å². The predicted octanol–water partition coefficient (Wildman–Crippen LogP) is 3.52. The molecular weight excluding hydrogens is 326 g/mol. The van der Waals surface area contributed by atoms with E-state index >= 15 is 0 Å². The van der Waals surface area contributed by atoms with Gasteiger partial charge in [0, 0.05) is 12.1 Å². The van der Waals surface area contributed by atoms with Crippen molar-refractivity contribution in [1.82, 2.24) is 14.9 Å². The highest BCUT2D eigenvalue weighted by molar-refractivity contribution is 5.98. The summed E-state index contributed by atoms with van der Waals surface area (Å²) in [5, 5.41) is 0.497. The van der Waals surface area contributed by atoms with E-state index < -0.39 is 0 Å². The molecule has 1 unspecified atom stereocenters. The summed E-state index contributed by atoms with van der Waals surface area (Å²) in [6.07, 6.45) is 3.34. The normalized spacial score (nSPS) is 17.0. The minimum Gasteiger partial charge on any atom is -0.332 e. The quantitative estimate of drug-likeness (QED) is 0.771. The minimum absolute atomic E-state index is 0.000801. The van der Waals surface area contributed by atoms with E-state index in [1.54, 1.807) is 18.2 Å². The lowest BCUT2D eigenvalue weighted by Crippen LogP contribution is -2.31. The first-order valence-electron chi connectivity index (χ1n) is 8.91. The molecule has 26 heavy (non-hydrogen) atoms. The highest BCUT2D eigenvalue weighted by atomic mass is 16.2. The van der Waals surface area contributed by atoms with E-state index in [1.165, 1.54) is 23.0 Å². The van der Waals surface area contributed by atoms with Crippen LogP contribution in [-0.2, 0) is 0 Å². The Hall–Kier alpha value is -2.95. The van der Waals surface area contributed by atoms with Crippen molar-refractivity contribution in [3.8, 4) is 0 Å². The lowest BCUT2D eigenvalue weighted by atomic mass is 9.94. The van der Waals surface area contributed by atoms with E-state index in [0.29, 0.717) is 16.5 Å². The second-order valence-corrected chi connectivity index (χ2v) is 6.93. The summed E-state index contributed by atoms with van der Waals surface area (Å²) in [7, 11) is 0. The summed E-state index contributed by atoms with van der Waals surface area (Å²) in [4.78, 5) is 33.7. The van der Waals surface area contributed by atoms with Crippen LogP contribution in [0.15, 0.2) is 47.5 Å². The number of likely N-dealkylation sites (tertiary alicyclic amines) is 1. The number of amides is 1. The largest absolute Gasteiger partial charge is 0.332 e. The fourth-order valence-electron chi connectivity index (χ4n) is 4.03. The van der Waals surface area contributed by atoms with Gasteiger partial charge in [0.05, 0.1) is 23.3 Å². The SMILES string of the molecule is Cc1cccc(C)c1C1CCCN1C(=O)c1ccc2c(=O)[nH]cnc2c1. The summed E-state index contributed by atoms with van der Waals surface area (Å²) >= 11 is 0. The number of rotatable bonds is 2. The van der Waals surface area contributed by atoms with E-state index in [1.807, 2.05) is 4.90 Å². The maximum atomic E-state index is 13.2. The van der Waals surface area contributed by atoms with Crippen LogP contribution in [0, 0.1) is 13.8 Å². The van der Waals surface area contributed by atoms with Crippen molar-refractivity contribution in [3.05, 3.63) is 75.3 Å². The van der Waals surface area contributed by atoms with Crippen molar-refractivity contribution in [2.75, 3.05) is 6.54 Å². The Bertz CT molecular complexity index is 1030. The van der Waals surface area contributed by atoms with E-state index in [2.05, 4.69) is 42.0 Å². The third kappa shape index (κ3) is 2.69. The van der Waals surface area contributed by atoms with Crippen LogP contribution in [-0.4, -0.2) is 27.3 Å². The maximum Gasteiger partial charge on any atom is 0.258 e. The number of carbonyl (C=O) groups excluding carboxylic acids is 1. The Morgan fingerprint density at radius 2 is 1.96 bits per heavy atom. The number of H-pyrrole nitrogens is 1. The zero-order valence-corrected chi connectivity index (χ0v) is 15.0. The molecule has 1 amide bonds. The zero-order valence-electron chi connectivity index (χ0n) is 15.0. The first kappa shape index (κ1) is 16.5.